The summed E-state index contributed by atoms with van der Waals surface area (Å²) in [5, 5.41) is 3.47. The lowest BCUT2D eigenvalue weighted by Crippen LogP contribution is -2.38. The Morgan fingerprint density at radius 3 is 2.67 bits per heavy atom. The maximum Gasteiger partial charge on any atom is 0.0701 e. The van der Waals surface area contributed by atoms with Crippen LogP contribution in [0.5, 0.6) is 0 Å². The van der Waals surface area contributed by atoms with Crippen molar-refractivity contribution < 1.29 is 4.74 Å². The molecule has 21 heavy (non-hydrogen) atoms. The van der Waals surface area contributed by atoms with Gasteiger partial charge in [-0.05, 0) is 44.8 Å². The smallest absolute Gasteiger partial charge is 0.0701 e. The van der Waals surface area contributed by atoms with E-state index in [0.717, 1.165) is 19.7 Å². The van der Waals surface area contributed by atoms with Crippen LogP contribution in [0, 0.1) is 5.92 Å². The molecule has 2 rings (SSSR count). The molecule has 1 aromatic rings. The van der Waals surface area contributed by atoms with E-state index in [1.54, 1.807) is 0 Å². The second-order valence-electron chi connectivity index (χ2n) is 6.36. The van der Waals surface area contributed by atoms with Gasteiger partial charge in [0.05, 0.1) is 6.10 Å². The third kappa shape index (κ3) is 5.10. The minimum atomic E-state index is 0.404. The predicted molar refractivity (Wildman–Crippen MR) is 88.5 cm³/mol. The van der Waals surface area contributed by atoms with E-state index in [2.05, 4.69) is 61.6 Å². The van der Waals surface area contributed by atoms with Gasteiger partial charge in [0.15, 0.2) is 0 Å². The van der Waals surface area contributed by atoms with Gasteiger partial charge in [0.25, 0.3) is 0 Å². The average Bonchev–Trinajstić information content (AvgIpc) is 2.50. The molecule has 1 aromatic carbocycles. The van der Waals surface area contributed by atoms with Crippen LogP contribution in [-0.4, -0.2) is 44.8 Å². The molecule has 0 radical (unpaired) electrons. The van der Waals surface area contributed by atoms with Crippen molar-refractivity contribution in [2.75, 3.05) is 33.8 Å². The average molecular weight is 290 g/mol. The highest BCUT2D eigenvalue weighted by atomic mass is 16.5. The van der Waals surface area contributed by atoms with E-state index in [4.69, 9.17) is 4.74 Å². The van der Waals surface area contributed by atoms with Crippen molar-refractivity contribution >= 4 is 0 Å². The summed E-state index contributed by atoms with van der Waals surface area (Å²) in [6.07, 6.45) is 4.19. The summed E-state index contributed by atoms with van der Waals surface area (Å²) in [5.74, 6) is 0.561. The van der Waals surface area contributed by atoms with Crippen molar-refractivity contribution in [1.29, 1.82) is 0 Å². The molecule has 1 aliphatic heterocycles. The maximum atomic E-state index is 5.84. The van der Waals surface area contributed by atoms with Gasteiger partial charge >= 0.3 is 0 Å². The van der Waals surface area contributed by atoms with Crippen LogP contribution in [0.25, 0.3) is 0 Å². The monoisotopic (exact) mass is 290 g/mol. The maximum absolute atomic E-state index is 5.84. The molecule has 3 nitrogen and oxygen atoms in total. The van der Waals surface area contributed by atoms with Crippen molar-refractivity contribution in [3.05, 3.63) is 35.9 Å². The van der Waals surface area contributed by atoms with Gasteiger partial charge in [-0.15, -0.1) is 0 Å². The first kappa shape index (κ1) is 16.5. The molecule has 1 heterocycles. The Hall–Kier alpha value is -0.900. The standard InChI is InChI=1S/C18H30N2O/c1-15(18(19-2)16-9-5-4-6-10-16)13-20(3)14-17-11-7-8-12-21-17/h4-6,9-10,15,17-19H,7-8,11-14H2,1-3H3. The fraction of sp³-hybridized carbons (Fsp3) is 0.667. The largest absolute Gasteiger partial charge is 0.377 e. The number of nitrogens with zero attached hydrogens (tertiary/aromatic N) is 1. The van der Waals surface area contributed by atoms with E-state index in [-0.39, 0.29) is 0 Å². The number of rotatable bonds is 7. The molecule has 1 aliphatic rings. The highest BCUT2D eigenvalue weighted by molar-refractivity contribution is 5.19. The highest BCUT2D eigenvalue weighted by Gasteiger charge is 2.21. The summed E-state index contributed by atoms with van der Waals surface area (Å²) < 4.78 is 5.84. The van der Waals surface area contributed by atoms with Crippen molar-refractivity contribution in [2.24, 2.45) is 5.92 Å². The van der Waals surface area contributed by atoms with Crippen LogP contribution in [0.2, 0.25) is 0 Å². The number of benzene rings is 1. The van der Waals surface area contributed by atoms with Crippen LogP contribution in [0.4, 0.5) is 0 Å². The van der Waals surface area contributed by atoms with Crippen LogP contribution in [0.1, 0.15) is 37.8 Å². The van der Waals surface area contributed by atoms with Crippen LogP contribution >= 0.6 is 0 Å². The molecule has 0 saturated carbocycles. The van der Waals surface area contributed by atoms with Crippen molar-refractivity contribution in [3.8, 4) is 0 Å². The number of likely N-dealkylation sites (N-methyl/N-ethyl adjacent to an activating group) is 1. The molecule has 0 aromatic heterocycles. The van der Waals surface area contributed by atoms with Gasteiger partial charge in [0.1, 0.15) is 0 Å². The van der Waals surface area contributed by atoms with Crippen LogP contribution in [0.3, 0.4) is 0 Å². The lowest BCUT2D eigenvalue weighted by molar-refractivity contribution is -0.00381. The molecular formula is C18H30N2O. The molecule has 3 heteroatoms. The minimum absolute atomic E-state index is 0.404. The fourth-order valence-corrected chi connectivity index (χ4v) is 3.41. The summed E-state index contributed by atoms with van der Waals surface area (Å²) in [5.41, 5.74) is 1.37. The zero-order valence-corrected chi connectivity index (χ0v) is 13.7. The highest BCUT2D eigenvalue weighted by Crippen LogP contribution is 2.22. The fourth-order valence-electron chi connectivity index (χ4n) is 3.41. The summed E-state index contributed by atoms with van der Waals surface area (Å²) in [6, 6.07) is 11.1. The SMILES string of the molecule is CNC(c1ccccc1)C(C)CN(C)CC1CCCCO1. The van der Waals surface area contributed by atoms with E-state index in [1.165, 1.54) is 24.8 Å². The Bertz CT molecular complexity index is 389. The van der Waals surface area contributed by atoms with Gasteiger partial charge in [-0.1, -0.05) is 37.3 Å². The molecule has 3 atom stereocenters. The molecule has 118 valence electrons. The van der Waals surface area contributed by atoms with Crippen molar-refractivity contribution in [1.82, 2.24) is 10.2 Å². The van der Waals surface area contributed by atoms with Gasteiger partial charge < -0.3 is 15.0 Å². The number of ether oxygens (including phenoxy) is 1. The first-order valence-corrected chi connectivity index (χ1v) is 8.23. The first-order valence-electron chi connectivity index (χ1n) is 8.23. The molecule has 1 saturated heterocycles. The van der Waals surface area contributed by atoms with E-state index in [1.807, 2.05) is 0 Å². The molecule has 0 bridgehead atoms. The van der Waals surface area contributed by atoms with Gasteiger partial charge in [-0.25, -0.2) is 0 Å². The lowest BCUT2D eigenvalue weighted by atomic mass is 9.94. The van der Waals surface area contributed by atoms with E-state index >= 15 is 0 Å². The molecule has 0 amide bonds. The van der Waals surface area contributed by atoms with Gasteiger partial charge in [0.2, 0.25) is 0 Å². The number of hydrogen-bond acceptors (Lipinski definition) is 3. The second kappa shape index (κ2) is 8.52. The third-order valence-electron chi connectivity index (χ3n) is 4.43. The minimum Gasteiger partial charge on any atom is -0.377 e. The summed E-state index contributed by atoms with van der Waals surface area (Å²) in [6.45, 7) is 5.40. The van der Waals surface area contributed by atoms with Crippen molar-refractivity contribution in [3.63, 3.8) is 0 Å². The molecule has 0 spiro atoms. The molecular weight excluding hydrogens is 260 g/mol. The Morgan fingerprint density at radius 1 is 1.29 bits per heavy atom. The van der Waals surface area contributed by atoms with E-state index in [0.29, 0.717) is 18.1 Å². The van der Waals surface area contributed by atoms with Crippen LogP contribution < -0.4 is 5.32 Å². The molecule has 1 N–H and O–H groups in total. The normalized spacial score (nSPS) is 22.2. The molecule has 0 aliphatic carbocycles. The van der Waals surface area contributed by atoms with Gasteiger partial charge in [0, 0.05) is 25.7 Å². The van der Waals surface area contributed by atoms with E-state index < -0.39 is 0 Å². The summed E-state index contributed by atoms with van der Waals surface area (Å²) in [4.78, 5) is 2.42. The van der Waals surface area contributed by atoms with Crippen LogP contribution in [0.15, 0.2) is 30.3 Å². The van der Waals surface area contributed by atoms with Crippen molar-refractivity contribution in [2.45, 2.75) is 38.3 Å². The third-order valence-corrected chi connectivity index (χ3v) is 4.43. The summed E-state index contributed by atoms with van der Waals surface area (Å²) >= 11 is 0. The predicted octanol–water partition coefficient (Wildman–Crippen LogP) is 3.08. The lowest BCUT2D eigenvalue weighted by Gasteiger charge is -2.31. The van der Waals surface area contributed by atoms with Gasteiger partial charge in [-0.2, -0.15) is 0 Å². The number of nitrogens with one attached hydrogen (secondary N) is 1. The Balaban J connectivity index is 1.85. The molecule has 1 fully saturated rings. The Labute approximate surface area is 129 Å². The van der Waals surface area contributed by atoms with E-state index in [9.17, 15) is 0 Å². The quantitative estimate of drug-likeness (QED) is 0.835. The zero-order chi connectivity index (χ0) is 15.1. The summed E-state index contributed by atoms with van der Waals surface area (Å²) in [7, 11) is 4.27. The zero-order valence-electron chi connectivity index (χ0n) is 13.7. The number of hydrogen-bond donors (Lipinski definition) is 1. The topological polar surface area (TPSA) is 24.5 Å². The molecule has 3 unspecified atom stereocenters. The van der Waals surface area contributed by atoms with Crippen LogP contribution in [-0.2, 0) is 4.74 Å². The Kier molecular flexibility index (Phi) is 6.68. The van der Waals surface area contributed by atoms with Gasteiger partial charge in [-0.3, -0.25) is 0 Å². The Morgan fingerprint density at radius 2 is 2.05 bits per heavy atom. The first-order chi connectivity index (χ1) is 10.2. The second-order valence-corrected chi connectivity index (χ2v) is 6.36.